The van der Waals surface area contributed by atoms with Crippen molar-refractivity contribution in [2.24, 2.45) is 0 Å². The molecule has 8 heteroatoms. The van der Waals surface area contributed by atoms with Crippen molar-refractivity contribution in [2.75, 3.05) is 20.3 Å². The zero-order valence-corrected chi connectivity index (χ0v) is 13.1. The van der Waals surface area contributed by atoms with Crippen LogP contribution < -0.4 is 5.32 Å². The Balaban J connectivity index is 2.63. The summed E-state index contributed by atoms with van der Waals surface area (Å²) in [6.07, 6.45) is 0. The lowest BCUT2D eigenvalue weighted by Gasteiger charge is -2.12. The minimum Gasteiger partial charge on any atom is -0.383 e. The molecule has 1 aromatic heterocycles. The summed E-state index contributed by atoms with van der Waals surface area (Å²) in [5.74, 6) is -0.691. The third-order valence-electron chi connectivity index (χ3n) is 2.49. The van der Waals surface area contributed by atoms with Gasteiger partial charge in [-0.05, 0) is 19.1 Å². The lowest BCUT2D eigenvalue weighted by molar-refractivity contribution is -0.120. The van der Waals surface area contributed by atoms with Gasteiger partial charge in [0, 0.05) is 18.5 Å². The van der Waals surface area contributed by atoms with E-state index in [4.69, 9.17) is 16.3 Å². The summed E-state index contributed by atoms with van der Waals surface area (Å²) < 4.78 is 29.4. The van der Waals surface area contributed by atoms with Gasteiger partial charge in [0.25, 0.3) is 0 Å². The SMILES string of the molecule is COCCNC(=O)C(C)S(=O)(=O)Cc1ccc(Cl)s1. The number of nitrogens with one attached hydrogen (secondary N) is 1. The van der Waals surface area contributed by atoms with Crippen LogP contribution in [0.15, 0.2) is 12.1 Å². The number of halogens is 1. The zero-order chi connectivity index (χ0) is 14.5. The molecule has 1 atom stereocenters. The second kappa shape index (κ2) is 7.23. The monoisotopic (exact) mass is 325 g/mol. The Morgan fingerprint density at radius 2 is 2.21 bits per heavy atom. The van der Waals surface area contributed by atoms with Crippen molar-refractivity contribution in [1.29, 1.82) is 0 Å². The Labute approximate surface area is 121 Å². The Bertz CT molecular complexity index is 527. The van der Waals surface area contributed by atoms with Crippen LogP contribution in [0.4, 0.5) is 0 Å². The van der Waals surface area contributed by atoms with Crippen LogP contribution in [0.1, 0.15) is 11.8 Å². The van der Waals surface area contributed by atoms with E-state index < -0.39 is 21.0 Å². The van der Waals surface area contributed by atoms with Crippen molar-refractivity contribution in [3.05, 3.63) is 21.3 Å². The summed E-state index contributed by atoms with van der Waals surface area (Å²) in [5.41, 5.74) is 0. The van der Waals surface area contributed by atoms with Crippen LogP contribution in [0.3, 0.4) is 0 Å². The van der Waals surface area contributed by atoms with Crippen LogP contribution in [0.25, 0.3) is 0 Å². The highest BCUT2D eigenvalue weighted by molar-refractivity contribution is 7.92. The van der Waals surface area contributed by atoms with Gasteiger partial charge in [0.2, 0.25) is 5.91 Å². The first-order chi connectivity index (χ1) is 8.86. The number of carbonyl (C=O) groups excluding carboxylic acids is 1. The predicted molar refractivity (Wildman–Crippen MR) is 76.3 cm³/mol. The van der Waals surface area contributed by atoms with Crippen molar-refractivity contribution in [3.63, 3.8) is 0 Å². The van der Waals surface area contributed by atoms with Gasteiger partial charge in [-0.15, -0.1) is 11.3 Å². The molecule has 5 nitrogen and oxygen atoms in total. The molecule has 0 radical (unpaired) electrons. The van der Waals surface area contributed by atoms with Crippen molar-refractivity contribution >= 4 is 38.7 Å². The quantitative estimate of drug-likeness (QED) is 0.770. The smallest absolute Gasteiger partial charge is 0.238 e. The van der Waals surface area contributed by atoms with E-state index in [0.717, 1.165) is 0 Å². The van der Waals surface area contributed by atoms with E-state index >= 15 is 0 Å². The molecule has 19 heavy (non-hydrogen) atoms. The van der Waals surface area contributed by atoms with Crippen LogP contribution in [0.5, 0.6) is 0 Å². The Morgan fingerprint density at radius 3 is 2.74 bits per heavy atom. The number of hydrogen-bond donors (Lipinski definition) is 1. The maximum atomic E-state index is 12.1. The average molecular weight is 326 g/mol. The molecule has 1 amide bonds. The van der Waals surface area contributed by atoms with Gasteiger partial charge in [0.1, 0.15) is 5.25 Å². The molecule has 1 heterocycles. The van der Waals surface area contributed by atoms with Crippen LogP contribution in [0, 0.1) is 0 Å². The fourth-order valence-electron chi connectivity index (χ4n) is 1.34. The van der Waals surface area contributed by atoms with E-state index in [2.05, 4.69) is 5.32 Å². The molecular formula is C11H16ClNO4S2. The molecule has 1 rings (SSSR count). The molecule has 0 spiro atoms. The zero-order valence-electron chi connectivity index (χ0n) is 10.7. The highest BCUT2D eigenvalue weighted by Crippen LogP contribution is 2.24. The molecule has 0 saturated heterocycles. The van der Waals surface area contributed by atoms with E-state index in [-0.39, 0.29) is 5.75 Å². The van der Waals surface area contributed by atoms with Crippen LogP contribution in [-0.4, -0.2) is 39.8 Å². The lowest BCUT2D eigenvalue weighted by atomic mass is 10.4. The summed E-state index contributed by atoms with van der Waals surface area (Å²) in [6, 6.07) is 3.29. The second-order valence-electron chi connectivity index (χ2n) is 3.94. The van der Waals surface area contributed by atoms with Crippen molar-refractivity contribution < 1.29 is 17.9 Å². The molecule has 0 saturated carbocycles. The highest BCUT2D eigenvalue weighted by Gasteiger charge is 2.28. The van der Waals surface area contributed by atoms with Crippen molar-refractivity contribution in [2.45, 2.75) is 17.9 Å². The maximum Gasteiger partial charge on any atom is 0.238 e. The minimum atomic E-state index is -3.54. The molecule has 0 aromatic carbocycles. The van der Waals surface area contributed by atoms with Gasteiger partial charge < -0.3 is 10.1 Å². The van der Waals surface area contributed by atoms with Crippen LogP contribution in [0.2, 0.25) is 4.34 Å². The number of ether oxygens (including phenoxy) is 1. The lowest BCUT2D eigenvalue weighted by Crippen LogP contribution is -2.39. The number of carbonyl (C=O) groups is 1. The van der Waals surface area contributed by atoms with Gasteiger partial charge in [-0.1, -0.05) is 11.6 Å². The first kappa shape index (κ1) is 16.4. The number of hydrogen-bond acceptors (Lipinski definition) is 5. The normalized spacial score (nSPS) is 13.2. The molecule has 1 unspecified atom stereocenters. The number of amides is 1. The van der Waals surface area contributed by atoms with Gasteiger partial charge in [-0.3, -0.25) is 4.79 Å². The van der Waals surface area contributed by atoms with Crippen LogP contribution >= 0.6 is 22.9 Å². The molecule has 0 bridgehead atoms. The van der Waals surface area contributed by atoms with Crippen molar-refractivity contribution in [3.8, 4) is 0 Å². The van der Waals surface area contributed by atoms with E-state index in [0.29, 0.717) is 22.4 Å². The molecule has 0 aliphatic heterocycles. The third-order valence-corrected chi connectivity index (χ3v) is 5.90. The van der Waals surface area contributed by atoms with E-state index in [1.165, 1.54) is 25.4 Å². The Morgan fingerprint density at radius 1 is 1.53 bits per heavy atom. The van der Waals surface area contributed by atoms with E-state index in [1.54, 1.807) is 12.1 Å². The number of thiophene rings is 1. The van der Waals surface area contributed by atoms with Crippen LogP contribution in [-0.2, 0) is 25.1 Å². The number of methoxy groups -OCH3 is 1. The fourth-order valence-corrected chi connectivity index (χ4v) is 4.10. The Kier molecular flexibility index (Phi) is 6.25. The van der Waals surface area contributed by atoms with Crippen molar-refractivity contribution in [1.82, 2.24) is 5.32 Å². The van der Waals surface area contributed by atoms with Gasteiger partial charge >= 0.3 is 0 Å². The topological polar surface area (TPSA) is 72.5 Å². The Hall–Kier alpha value is -0.630. The number of sulfone groups is 1. The number of rotatable bonds is 7. The molecule has 108 valence electrons. The summed E-state index contributed by atoms with van der Waals surface area (Å²) in [7, 11) is -2.03. The second-order valence-corrected chi connectivity index (χ2v) is 8.06. The molecule has 0 aliphatic carbocycles. The average Bonchev–Trinajstić information content (AvgIpc) is 2.73. The fraction of sp³-hybridized carbons (Fsp3) is 0.545. The first-order valence-corrected chi connectivity index (χ1v) is 8.50. The van der Waals surface area contributed by atoms with E-state index in [9.17, 15) is 13.2 Å². The third kappa shape index (κ3) is 5.10. The molecule has 0 aliphatic rings. The first-order valence-electron chi connectivity index (χ1n) is 5.59. The van der Waals surface area contributed by atoms with Gasteiger partial charge in [0.15, 0.2) is 9.84 Å². The molecule has 1 aromatic rings. The molecule has 0 fully saturated rings. The molecule has 1 N–H and O–H groups in total. The van der Waals surface area contributed by atoms with Gasteiger partial charge in [0.05, 0.1) is 16.7 Å². The molecular weight excluding hydrogens is 310 g/mol. The standard InChI is InChI=1S/C11H16ClNO4S2/c1-8(11(14)13-5-6-17-2)19(15,16)7-9-3-4-10(12)18-9/h3-4,8H,5-7H2,1-2H3,(H,13,14). The largest absolute Gasteiger partial charge is 0.383 e. The highest BCUT2D eigenvalue weighted by atomic mass is 35.5. The minimum absolute atomic E-state index is 0.177. The summed E-state index contributed by atoms with van der Waals surface area (Å²) >= 11 is 6.95. The summed E-state index contributed by atoms with van der Waals surface area (Å²) in [5, 5.41) is 1.42. The summed E-state index contributed by atoms with van der Waals surface area (Å²) in [6.45, 7) is 2.02. The van der Waals surface area contributed by atoms with Gasteiger partial charge in [-0.2, -0.15) is 0 Å². The predicted octanol–water partition coefficient (Wildman–Crippen LogP) is 1.47. The summed E-state index contributed by atoms with van der Waals surface area (Å²) in [4.78, 5) is 12.3. The van der Waals surface area contributed by atoms with Gasteiger partial charge in [-0.25, -0.2) is 8.42 Å². The maximum absolute atomic E-state index is 12.1. The van der Waals surface area contributed by atoms with E-state index in [1.807, 2.05) is 0 Å².